The van der Waals surface area contributed by atoms with E-state index in [-0.39, 0.29) is 6.17 Å². The fourth-order valence-electron chi connectivity index (χ4n) is 4.34. The van der Waals surface area contributed by atoms with Crippen LogP contribution in [-0.2, 0) is 6.54 Å². The number of hydrogen-bond donors (Lipinski definition) is 1. The molecule has 31 heavy (non-hydrogen) atoms. The number of benzene rings is 2. The third kappa shape index (κ3) is 2.95. The van der Waals surface area contributed by atoms with Crippen LogP contribution < -0.4 is 15.0 Å². The van der Waals surface area contributed by atoms with Crippen molar-refractivity contribution >= 4 is 22.9 Å². The van der Waals surface area contributed by atoms with E-state index < -0.39 is 0 Å². The normalized spacial score (nSPS) is 18.3. The van der Waals surface area contributed by atoms with Crippen LogP contribution in [0.2, 0.25) is 0 Å². The monoisotopic (exact) mass is 414 g/mol. The number of methoxy groups -OCH3 is 1. The maximum Gasteiger partial charge on any atom is 0.216 e. The number of rotatable bonds is 4. The molecule has 2 aromatic heterocycles. The molecule has 4 aromatic rings. The summed E-state index contributed by atoms with van der Waals surface area (Å²) in [6.07, 6.45) is 1.53. The summed E-state index contributed by atoms with van der Waals surface area (Å²) in [5.74, 6) is 3.42. The third-order valence-corrected chi connectivity index (χ3v) is 5.75. The maximum atomic E-state index is 5.67. The summed E-state index contributed by atoms with van der Waals surface area (Å²) in [7, 11) is 1.70. The summed E-state index contributed by atoms with van der Waals surface area (Å²) in [5, 5.41) is 3.63. The van der Waals surface area contributed by atoms with Crippen molar-refractivity contribution in [2.75, 3.05) is 25.3 Å². The Hall–Kier alpha value is -3.78. The van der Waals surface area contributed by atoms with Crippen LogP contribution in [-0.4, -0.2) is 40.9 Å². The van der Waals surface area contributed by atoms with Gasteiger partial charge in [-0.1, -0.05) is 30.3 Å². The van der Waals surface area contributed by atoms with Crippen molar-refractivity contribution in [2.24, 2.45) is 4.99 Å². The highest BCUT2D eigenvalue weighted by Crippen LogP contribution is 2.36. The molecule has 2 aliphatic rings. The van der Waals surface area contributed by atoms with Crippen molar-refractivity contribution < 1.29 is 9.15 Å². The van der Waals surface area contributed by atoms with E-state index in [1.807, 2.05) is 48.5 Å². The molecule has 2 aromatic carbocycles. The van der Waals surface area contributed by atoms with E-state index in [0.29, 0.717) is 19.9 Å². The summed E-state index contributed by atoms with van der Waals surface area (Å²) < 4.78 is 13.4. The standard InChI is InChI=1S/C23H22N6O2/c1-30-20-11-5-2-8-17(20)21-26-22-24-14-27(13-16-7-6-12-31-16)15-28(22)23-25-18-9-3-4-10-19(18)29(21)23/h2-12,21H,13-15H2,1H3,(H,24,26)/t21-/m1/s1. The van der Waals surface area contributed by atoms with Crippen molar-refractivity contribution in [3.8, 4) is 5.75 Å². The van der Waals surface area contributed by atoms with E-state index in [0.717, 1.165) is 40.0 Å². The number of hydrogen-bond acceptors (Lipinski definition) is 7. The summed E-state index contributed by atoms with van der Waals surface area (Å²) >= 11 is 0. The van der Waals surface area contributed by atoms with Gasteiger partial charge in [-0.3, -0.25) is 14.4 Å². The molecule has 0 radical (unpaired) electrons. The van der Waals surface area contributed by atoms with Gasteiger partial charge in [0.2, 0.25) is 11.9 Å². The van der Waals surface area contributed by atoms with Crippen LogP contribution in [0.15, 0.2) is 76.3 Å². The number of nitrogens with one attached hydrogen (secondary N) is 1. The molecule has 4 heterocycles. The second kappa shape index (κ2) is 7.17. The molecule has 2 aliphatic heterocycles. The zero-order valence-electron chi connectivity index (χ0n) is 17.1. The van der Waals surface area contributed by atoms with Crippen molar-refractivity contribution in [3.05, 3.63) is 78.3 Å². The Morgan fingerprint density at radius 1 is 1.10 bits per heavy atom. The van der Waals surface area contributed by atoms with E-state index in [4.69, 9.17) is 19.1 Å². The van der Waals surface area contributed by atoms with Gasteiger partial charge < -0.3 is 14.5 Å². The minimum Gasteiger partial charge on any atom is -0.496 e. The van der Waals surface area contributed by atoms with Gasteiger partial charge in [-0.25, -0.2) is 9.98 Å². The lowest BCUT2D eigenvalue weighted by Crippen LogP contribution is -2.57. The van der Waals surface area contributed by atoms with Crippen LogP contribution in [0, 0.1) is 0 Å². The van der Waals surface area contributed by atoms with Gasteiger partial charge in [0.25, 0.3) is 0 Å². The molecule has 0 aliphatic carbocycles. The number of para-hydroxylation sites is 3. The van der Waals surface area contributed by atoms with Crippen LogP contribution >= 0.6 is 0 Å². The molecule has 0 unspecified atom stereocenters. The number of fused-ring (bicyclic) bond motifs is 5. The van der Waals surface area contributed by atoms with Gasteiger partial charge in [0, 0.05) is 5.56 Å². The lowest BCUT2D eigenvalue weighted by molar-refractivity contribution is 0.242. The van der Waals surface area contributed by atoms with Gasteiger partial charge in [0.1, 0.15) is 17.7 Å². The molecule has 8 nitrogen and oxygen atoms in total. The highest BCUT2D eigenvalue weighted by atomic mass is 16.5. The molecule has 0 saturated carbocycles. The number of nitrogens with zero attached hydrogens (tertiary/aromatic N) is 5. The Labute approximate surface area is 179 Å². The average Bonchev–Trinajstić information content (AvgIpc) is 3.46. The Morgan fingerprint density at radius 2 is 1.97 bits per heavy atom. The highest BCUT2D eigenvalue weighted by Gasteiger charge is 2.36. The lowest BCUT2D eigenvalue weighted by atomic mass is 10.1. The van der Waals surface area contributed by atoms with Crippen LogP contribution in [0.4, 0.5) is 5.95 Å². The first-order valence-corrected chi connectivity index (χ1v) is 10.2. The number of imidazole rings is 1. The van der Waals surface area contributed by atoms with Crippen molar-refractivity contribution in [1.82, 2.24) is 19.8 Å². The number of furan rings is 1. The molecular formula is C23H22N6O2. The second-order valence-electron chi connectivity index (χ2n) is 7.66. The molecule has 1 atom stereocenters. The van der Waals surface area contributed by atoms with E-state index in [1.54, 1.807) is 13.4 Å². The van der Waals surface area contributed by atoms with Crippen molar-refractivity contribution in [3.63, 3.8) is 0 Å². The van der Waals surface area contributed by atoms with E-state index in [2.05, 4.69) is 31.8 Å². The first-order chi connectivity index (χ1) is 15.3. The van der Waals surface area contributed by atoms with Crippen LogP contribution in [0.3, 0.4) is 0 Å². The summed E-state index contributed by atoms with van der Waals surface area (Å²) in [5.41, 5.74) is 3.04. The fourth-order valence-corrected chi connectivity index (χ4v) is 4.34. The summed E-state index contributed by atoms with van der Waals surface area (Å²) in [4.78, 5) is 14.2. The quantitative estimate of drug-likeness (QED) is 0.552. The highest BCUT2D eigenvalue weighted by molar-refractivity contribution is 5.99. The third-order valence-electron chi connectivity index (χ3n) is 5.75. The van der Waals surface area contributed by atoms with Crippen LogP contribution in [0.1, 0.15) is 17.5 Å². The van der Waals surface area contributed by atoms with Gasteiger partial charge in [-0.15, -0.1) is 0 Å². The molecule has 0 fully saturated rings. The lowest BCUT2D eigenvalue weighted by Gasteiger charge is -2.41. The Kier molecular flexibility index (Phi) is 4.17. The predicted octanol–water partition coefficient (Wildman–Crippen LogP) is 3.38. The zero-order valence-corrected chi connectivity index (χ0v) is 17.1. The molecule has 6 rings (SSSR count). The van der Waals surface area contributed by atoms with Gasteiger partial charge in [-0.05, 0) is 30.3 Å². The molecule has 0 bridgehead atoms. The van der Waals surface area contributed by atoms with Crippen molar-refractivity contribution in [2.45, 2.75) is 12.7 Å². The number of aliphatic imine (C=N–C) groups is 1. The van der Waals surface area contributed by atoms with Gasteiger partial charge in [-0.2, -0.15) is 0 Å². The Bertz CT molecular complexity index is 1260. The Morgan fingerprint density at radius 3 is 2.84 bits per heavy atom. The Balaban J connectivity index is 1.46. The number of guanidine groups is 1. The minimum atomic E-state index is -0.176. The number of ether oxygens (including phenoxy) is 1. The molecule has 0 saturated heterocycles. The first kappa shape index (κ1) is 18.0. The molecule has 156 valence electrons. The molecule has 8 heteroatoms. The molecule has 1 N–H and O–H groups in total. The van der Waals surface area contributed by atoms with Gasteiger partial charge >= 0.3 is 0 Å². The number of anilines is 1. The van der Waals surface area contributed by atoms with E-state index >= 15 is 0 Å². The van der Waals surface area contributed by atoms with E-state index in [1.165, 1.54) is 0 Å². The molecular weight excluding hydrogens is 392 g/mol. The van der Waals surface area contributed by atoms with Gasteiger partial charge in [0.05, 0.1) is 44.3 Å². The first-order valence-electron chi connectivity index (χ1n) is 10.2. The van der Waals surface area contributed by atoms with Crippen LogP contribution in [0.5, 0.6) is 5.75 Å². The average molecular weight is 414 g/mol. The van der Waals surface area contributed by atoms with Gasteiger partial charge in [0.15, 0.2) is 0 Å². The second-order valence-corrected chi connectivity index (χ2v) is 7.66. The largest absolute Gasteiger partial charge is 0.496 e. The van der Waals surface area contributed by atoms with Crippen molar-refractivity contribution in [1.29, 1.82) is 0 Å². The summed E-state index contributed by atoms with van der Waals surface area (Å²) in [6.45, 7) is 1.93. The molecule has 0 amide bonds. The number of aromatic nitrogens is 2. The summed E-state index contributed by atoms with van der Waals surface area (Å²) in [6, 6.07) is 20.2. The SMILES string of the molecule is COc1ccccc1[C@@H]1NC2=NCN(Cc3ccco3)CN2c2nc3ccccc3n21. The van der Waals surface area contributed by atoms with E-state index in [9.17, 15) is 0 Å². The zero-order chi connectivity index (χ0) is 20.8. The topological polar surface area (TPSA) is 71.1 Å². The fraction of sp³-hybridized carbons (Fsp3) is 0.217. The van der Waals surface area contributed by atoms with Crippen LogP contribution in [0.25, 0.3) is 11.0 Å². The smallest absolute Gasteiger partial charge is 0.216 e. The minimum absolute atomic E-state index is 0.176. The molecule has 0 spiro atoms. The maximum absolute atomic E-state index is 5.67. The predicted molar refractivity (Wildman–Crippen MR) is 118 cm³/mol.